The third kappa shape index (κ3) is 15.1. The Kier molecular flexibility index (Phi) is 18.5. The number of sulfone groups is 1. The van der Waals surface area contributed by atoms with Crippen LogP contribution in [-0.2, 0) is 87.5 Å². The number of aromatic nitrogens is 5. The lowest BCUT2D eigenvalue weighted by Crippen LogP contribution is -2.44. The van der Waals surface area contributed by atoms with E-state index < -0.39 is 207 Å². The Morgan fingerprint density at radius 2 is 1.64 bits per heavy atom. The van der Waals surface area contributed by atoms with Crippen LogP contribution in [0.2, 0.25) is 5.02 Å². The summed E-state index contributed by atoms with van der Waals surface area (Å²) in [5.41, 5.74) is -8.73. The van der Waals surface area contributed by atoms with E-state index >= 15 is 8.78 Å². The third-order valence-electron chi connectivity index (χ3n) is 13.7. The number of nitrogens with zero attached hydrogens (tertiary/aromatic N) is 7. The first-order valence-corrected chi connectivity index (χ1v) is 29.4. The monoisotopic (exact) mass is 1290 g/mol. The molecular formula is C49H47ClF10N8O14PS2-. The number of fused-ring (bicyclic) bond motifs is 4. The van der Waals surface area contributed by atoms with Gasteiger partial charge in [-0.05, 0) is 80.8 Å². The molecule has 85 heavy (non-hydrogen) atoms. The zero-order valence-electron chi connectivity index (χ0n) is 44.5. The number of benzene rings is 2. The summed E-state index contributed by atoms with van der Waals surface area (Å²) in [4.78, 5) is 75.5. The molecule has 0 bridgehead atoms. The van der Waals surface area contributed by atoms with Crippen LogP contribution in [0.15, 0.2) is 42.5 Å². The number of hydrogen-bond acceptors (Lipinski definition) is 14. The van der Waals surface area contributed by atoms with Crippen molar-refractivity contribution in [3.63, 3.8) is 0 Å². The highest BCUT2D eigenvalue weighted by molar-refractivity contribution is 7.92. The Hall–Kier alpha value is -6.73. The second-order valence-corrected chi connectivity index (χ2v) is 25.9. The van der Waals surface area contributed by atoms with Gasteiger partial charge in [0, 0.05) is 52.3 Å². The number of nitrogens with one attached hydrogen (secondary N) is 1. The molecular weight excluding hydrogens is 1250 g/mol. The standard InChI is InChI=1S/C49H48ClF10N8O14PS2/c1-45(2,12-13-65(21-36(70)71)44(73)81-23-82-83(74,75)76)43(72)68(84(77)78)19-34-38-32(50)9-8-29(40(38)67(63-34)22-47(53,54)55)28-7-6-27(10-11-46(3,4)85(5,79)80)61-39(28)33(16-24-14-25(51)17-26(52)15-24)62-35(69)20-66-42-37(41(64-66)49(58,59)60)30-18-31(30)48(42,56)57/h6-9,14-15,17,30-31,33H,12-13,16,18-23H2,1-5H3,(H,62,69)(H,70,71)(H,77,78)(H2,74,75,76)/p-1/t30-,31+,33?/m0/s1. The fraction of sp³-hybridized carbons (Fsp3) is 0.449. The number of ether oxygens (including phenoxy) is 1. The number of amides is 3. The summed E-state index contributed by atoms with van der Waals surface area (Å²) in [7, 11) is -9.14. The molecule has 462 valence electrons. The molecule has 7 rings (SSSR count). The lowest BCUT2D eigenvalue weighted by molar-refractivity contribution is -0.143. The number of halogens is 11. The van der Waals surface area contributed by atoms with Gasteiger partial charge in [-0.1, -0.05) is 37.4 Å². The van der Waals surface area contributed by atoms with E-state index in [9.17, 15) is 81.2 Å². The predicted molar refractivity (Wildman–Crippen MR) is 274 cm³/mol. The van der Waals surface area contributed by atoms with Crippen molar-refractivity contribution in [3.05, 3.63) is 98.7 Å². The Morgan fingerprint density at radius 1 is 1.00 bits per heavy atom. The van der Waals surface area contributed by atoms with E-state index in [1.54, 1.807) is 0 Å². The second kappa shape index (κ2) is 23.9. The molecule has 3 heterocycles. The second-order valence-electron chi connectivity index (χ2n) is 20.8. The Balaban J connectivity index is 1.37. The van der Waals surface area contributed by atoms with Crippen molar-refractivity contribution >= 4 is 75.3 Å². The van der Waals surface area contributed by atoms with Gasteiger partial charge >= 0.3 is 32.2 Å². The predicted octanol–water partition coefficient (Wildman–Crippen LogP) is 7.42. The molecule has 3 amide bonds. The van der Waals surface area contributed by atoms with Crippen LogP contribution in [0.5, 0.6) is 0 Å². The maximum Gasteiger partial charge on any atom is 0.472 e. The van der Waals surface area contributed by atoms with Gasteiger partial charge in [0.15, 0.2) is 15.5 Å². The number of rotatable bonds is 21. The van der Waals surface area contributed by atoms with Crippen molar-refractivity contribution in [2.45, 2.75) is 102 Å². The number of carboxylic acids is 1. The van der Waals surface area contributed by atoms with Crippen LogP contribution in [-0.4, -0.2) is 127 Å². The highest BCUT2D eigenvalue weighted by Crippen LogP contribution is 2.68. The number of carbonyl (C=O) groups is 4. The first kappa shape index (κ1) is 65.8. The Bertz CT molecular complexity index is 3750. The van der Waals surface area contributed by atoms with Crippen LogP contribution in [0.3, 0.4) is 0 Å². The van der Waals surface area contributed by atoms with Gasteiger partial charge in [0.05, 0.1) is 45.8 Å². The lowest BCUT2D eigenvalue weighted by Gasteiger charge is -2.33. The summed E-state index contributed by atoms with van der Waals surface area (Å²) >= 11 is 3.07. The molecule has 0 radical (unpaired) electrons. The number of pyridine rings is 1. The smallest absolute Gasteiger partial charge is 0.472 e. The summed E-state index contributed by atoms with van der Waals surface area (Å²) in [5, 5.41) is 18.3. The molecule has 2 aliphatic carbocycles. The van der Waals surface area contributed by atoms with E-state index in [0.717, 1.165) is 56.5 Å². The highest BCUT2D eigenvalue weighted by Gasteiger charge is 2.68. The quantitative estimate of drug-likeness (QED) is 0.0183. The van der Waals surface area contributed by atoms with Crippen LogP contribution in [0.25, 0.3) is 22.0 Å². The molecule has 22 nitrogen and oxygen atoms in total. The van der Waals surface area contributed by atoms with Gasteiger partial charge in [-0.2, -0.15) is 45.3 Å². The molecule has 5 aromatic rings. The molecule has 4 atom stereocenters. The van der Waals surface area contributed by atoms with E-state index in [4.69, 9.17) is 21.4 Å². The van der Waals surface area contributed by atoms with Gasteiger partial charge < -0.3 is 29.5 Å². The molecule has 2 aliphatic rings. The third-order valence-corrected chi connectivity index (χ3v) is 17.0. The SMILES string of the molecule is CC(C)(CCN(CC(=O)O)C(=O)OCOP(=O)(O)O)C(=O)N(Cc1nn(CC(F)(F)F)c2c(-c3ccc(C#CC(C)(C)S(C)(=O)=O)nc3C(Cc3cc(F)cc(F)c3)NC(=O)Cn3nc(C(F)(F)F)c4c3C(F)(F)[C@@H]3C[C@H]43)ccc(Cl)c12)S(=O)[O-]. The van der Waals surface area contributed by atoms with Gasteiger partial charge in [-0.25, -0.2) is 36.1 Å². The number of carbonyl (C=O) groups excluding carboxylic acids is 3. The van der Waals surface area contributed by atoms with Crippen LogP contribution in [0.4, 0.5) is 48.7 Å². The maximum atomic E-state index is 15.7. The topological polar surface area (TPSA) is 306 Å². The average molecular weight is 1290 g/mol. The normalized spacial score (nSPS) is 16.6. The Labute approximate surface area is 482 Å². The molecule has 0 spiro atoms. The van der Waals surface area contributed by atoms with Crippen LogP contribution in [0.1, 0.15) is 92.1 Å². The van der Waals surface area contributed by atoms with Crippen LogP contribution >= 0.6 is 19.4 Å². The van der Waals surface area contributed by atoms with Crippen LogP contribution in [0, 0.1) is 34.8 Å². The summed E-state index contributed by atoms with van der Waals surface area (Å²) < 4.78 is 218. The minimum absolute atomic E-state index is 0.101. The number of phosphoric ester groups is 1. The van der Waals surface area contributed by atoms with Crippen molar-refractivity contribution in [2.75, 3.05) is 26.1 Å². The molecule has 3 aromatic heterocycles. The van der Waals surface area contributed by atoms with E-state index in [2.05, 4.69) is 41.6 Å². The number of alkyl halides is 8. The van der Waals surface area contributed by atoms with E-state index in [1.807, 2.05) is 0 Å². The largest absolute Gasteiger partial charge is 0.755 e. The molecule has 0 aliphatic heterocycles. The molecule has 2 unspecified atom stereocenters. The van der Waals surface area contributed by atoms with Gasteiger partial charge in [0.1, 0.15) is 47.4 Å². The zero-order chi connectivity index (χ0) is 63.5. The minimum Gasteiger partial charge on any atom is -0.755 e. The Morgan fingerprint density at radius 3 is 2.21 bits per heavy atom. The van der Waals surface area contributed by atoms with Gasteiger partial charge in [-0.15, -0.1) is 0 Å². The summed E-state index contributed by atoms with van der Waals surface area (Å²) in [6.07, 6.45) is -12.8. The average Bonchev–Trinajstić information content (AvgIpc) is 1.53. The van der Waals surface area contributed by atoms with E-state index in [1.165, 1.54) is 13.8 Å². The first-order chi connectivity index (χ1) is 39.0. The fourth-order valence-electron chi connectivity index (χ4n) is 9.28. The molecule has 4 N–H and O–H groups in total. The van der Waals surface area contributed by atoms with Gasteiger partial charge in [-0.3, -0.25) is 37.2 Å². The lowest BCUT2D eigenvalue weighted by atomic mass is 9.88. The number of aliphatic carboxylic acids is 1. The van der Waals surface area contributed by atoms with Gasteiger partial charge in [0.25, 0.3) is 5.92 Å². The first-order valence-electron chi connectivity index (χ1n) is 24.5. The summed E-state index contributed by atoms with van der Waals surface area (Å²) in [5.74, 6) is -8.33. The van der Waals surface area contributed by atoms with E-state index in [-0.39, 0.29) is 37.8 Å². The van der Waals surface area contributed by atoms with Crippen molar-refractivity contribution in [1.82, 2.24) is 39.1 Å². The number of carboxylic acid groups (broad SMARTS) is 1. The van der Waals surface area contributed by atoms with Crippen molar-refractivity contribution in [2.24, 2.45) is 11.3 Å². The fourth-order valence-corrected chi connectivity index (χ4v) is 10.6. The molecule has 36 heteroatoms. The number of hydrogen-bond donors (Lipinski definition) is 4. The number of phosphoric acid groups is 1. The summed E-state index contributed by atoms with van der Waals surface area (Å²) in [6, 6.07) is 4.55. The maximum absolute atomic E-state index is 15.7. The molecule has 1 fully saturated rings. The van der Waals surface area contributed by atoms with Crippen molar-refractivity contribution < 1.29 is 109 Å². The molecule has 0 saturated heterocycles. The van der Waals surface area contributed by atoms with Crippen molar-refractivity contribution in [1.29, 1.82) is 0 Å². The molecule has 2 aromatic carbocycles. The zero-order valence-corrected chi connectivity index (χ0v) is 47.8. The van der Waals surface area contributed by atoms with Crippen LogP contribution < -0.4 is 5.32 Å². The van der Waals surface area contributed by atoms with Gasteiger partial charge in [0.2, 0.25) is 18.6 Å². The highest BCUT2D eigenvalue weighted by atomic mass is 35.5. The van der Waals surface area contributed by atoms with Crippen molar-refractivity contribution in [3.8, 4) is 23.0 Å². The summed E-state index contributed by atoms with van der Waals surface area (Å²) in [6.45, 7) is -3.11. The van der Waals surface area contributed by atoms with E-state index in [0.29, 0.717) is 15.6 Å². The minimum atomic E-state index is -5.26. The molecule has 1 saturated carbocycles.